The maximum Gasteiger partial charge on any atom is 0.320 e. The van der Waals surface area contributed by atoms with E-state index in [9.17, 15) is 4.79 Å². The number of carbonyl (C=O) groups excluding carboxylic acids is 1. The molecule has 0 N–H and O–H groups in total. The summed E-state index contributed by atoms with van der Waals surface area (Å²) >= 11 is 0. The third-order valence-corrected chi connectivity index (χ3v) is 7.71. The van der Waals surface area contributed by atoms with Gasteiger partial charge in [0.1, 0.15) is 6.33 Å². The van der Waals surface area contributed by atoms with Gasteiger partial charge in [-0.2, -0.15) is 5.10 Å². The molecule has 2 atom stereocenters. The van der Waals surface area contributed by atoms with Crippen LogP contribution in [-0.4, -0.2) is 64.6 Å². The van der Waals surface area contributed by atoms with Crippen LogP contribution in [0.1, 0.15) is 62.7 Å². The van der Waals surface area contributed by atoms with E-state index in [0.717, 1.165) is 51.3 Å². The Bertz CT molecular complexity index is 747. The predicted octanol–water partition coefficient (Wildman–Crippen LogP) is 2.36. The monoisotopic (exact) mass is 351 g/mol. The van der Waals surface area contributed by atoms with Gasteiger partial charge in [0.15, 0.2) is 5.82 Å². The van der Waals surface area contributed by atoms with E-state index in [2.05, 4.69) is 14.8 Å². The minimum atomic E-state index is -0.105. The Morgan fingerprint density at radius 2 is 1.96 bits per heavy atom. The molecule has 136 valence electrons. The lowest BCUT2D eigenvalue weighted by Crippen LogP contribution is -2.65. The van der Waals surface area contributed by atoms with Crippen LogP contribution in [0.4, 0.5) is 4.79 Å². The minimum Gasteiger partial charge on any atom is -0.325 e. The number of amides is 2. The van der Waals surface area contributed by atoms with Gasteiger partial charge in [0.25, 0.3) is 0 Å². The molecule has 3 heterocycles. The largest absolute Gasteiger partial charge is 0.325 e. The smallest absolute Gasteiger partial charge is 0.320 e. The van der Waals surface area contributed by atoms with E-state index in [-0.39, 0.29) is 11.3 Å². The molecule has 3 aliphatic carbocycles. The highest BCUT2D eigenvalue weighted by Crippen LogP contribution is 2.56. The lowest BCUT2D eigenvalue weighted by Gasteiger charge is -2.59. The van der Waals surface area contributed by atoms with Gasteiger partial charge in [0.05, 0.1) is 13.9 Å². The second-order valence-corrected chi connectivity index (χ2v) is 9.76. The van der Waals surface area contributed by atoms with Crippen LogP contribution in [0.3, 0.4) is 0 Å². The fourth-order valence-corrected chi connectivity index (χ4v) is 5.96. The topological polar surface area (TPSA) is 54.3 Å². The fourth-order valence-electron chi connectivity index (χ4n) is 5.96. The number of aromatic nitrogens is 3. The second-order valence-electron chi connectivity index (χ2n) is 9.76. The van der Waals surface area contributed by atoms with Crippen LogP contribution in [0.25, 0.3) is 0 Å². The van der Waals surface area contributed by atoms with Crippen molar-refractivity contribution in [2.24, 2.45) is 11.3 Å². The maximum absolute atomic E-state index is 12.8. The van der Waals surface area contributed by atoms with E-state index in [1.54, 1.807) is 0 Å². The van der Waals surface area contributed by atoms with Crippen LogP contribution in [-0.2, 0) is 0 Å². The quantitative estimate of drug-likeness (QED) is 0.769. The van der Waals surface area contributed by atoms with Gasteiger partial charge in [-0.25, -0.2) is 14.5 Å². The highest BCUT2D eigenvalue weighted by Gasteiger charge is 2.56. The average molecular weight is 351 g/mol. The van der Waals surface area contributed by atoms with Crippen molar-refractivity contribution in [3.8, 4) is 0 Å². The van der Waals surface area contributed by atoms with Gasteiger partial charge in [-0.3, -0.25) is 0 Å². The molecule has 2 radical (unpaired) electrons. The number of fused-ring (bicyclic) bond motifs is 1. The Kier molecular flexibility index (Phi) is 3.01. The Hall–Kier alpha value is -1.53. The van der Waals surface area contributed by atoms with Crippen molar-refractivity contribution in [2.45, 2.75) is 62.2 Å². The number of carbonyl (C=O) groups is 1. The second kappa shape index (κ2) is 5.05. The molecule has 6 nitrogen and oxygen atoms in total. The van der Waals surface area contributed by atoms with Crippen molar-refractivity contribution >= 4 is 13.9 Å². The molecule has 2 amide bonds. The minimum absolute atomic E-state index is 0.105. The number of hydrogen-bond acceptors (Lipinski definition) is 3. The predicted molar refractivity (Wildman–Crippen MR) is 97.0 cm³/mol. The van der Waals surface area contributed by atoms with Gasteiger partial charge < -0.3 is 9.80 Å². The van der Waals surface area contributed by atoms with Crippen LogP contribution in [0.2, 0.25) is 5.31 Å². The molecule has 5 aliphatic rings. The molecule has 1 aromatic rings. The molecule has 7 heteroatoms. The summed E-state index contributed by atoms with van der Waals surface area (Å²) in [6, 6.07) is 0.695. The number of likely N-dealkylation sites (tertiary alicyclic amines) is 2. The van der Waals surface area contributed by atoms with Gasteiger partial charge in [-0.15, -0.1) is 0 Å². The van der Waals surface area contributed by atoms with Crippen LogP contribution in [0.5, 0.6) is 0 Å². The summed E-state index contributed by atoms with van der Waals surface area (Å²) < 4.78 is 2.07. The summed E-state index contributed by atoms with van der Waals surface area (Å²) in [6.45, 7) is 3.44. The van der Waals surface area contributed by atoms with Crippen LogP contribution >= 0.6 is 0 Å². The molecule has 3 saturated carbocycles. The van der Waals surface area contributed by atoms with E-state index in [1.165, 1.54) is 25.7 Å². The Balaban J connectivity index is 1.03. The first-order valence-electron chi connectivity index (χ1n) is 10.3. The third-order valence-electron chi connectivity index (χ3n) is 7.71. The summed E-state index contributed by atoms with van der Waals surface area (Å²) in [5.41, 5.74) is 0.335. The SMILES string of the molecule is [B][C@@]12CCCC1CN(C(=O)N1CC3(CC(n4cnc(C5CC5)n4)C3)C1)C2. The molecular weight excluding hydrogens is 325 g/mol. The summed E-state index contributed by atoms with van der Waals surface area (Å²) in [5, 5.41) is 4.57. The highest BCUT2D eigenvalue weighted by atomic mass is 16.2. The van der Waals surface area contributed by atoms with E-state index in [4.69, 9.17) is 7.85 Å². The standard InChI is InChI=1S/C19H26BN5O/c20-19-5-1-2-14(19)8-23(11-19)17(26)24-9-18(10-24)6-15(7-18)25-12-21-16(22-25)13-3-4-13/h12-15H,1-11H2/t14?,19-/m1/s1. The molecule has 26 heavy (non-hydrogen) atoms. The first kappa shape index (κ1) is 15.5. The maximum atomic E-state index is 12.8. The highest BCUT2D eigenvalue weighted by molar-refractivity contribution is 6.16. The fraction of sp³-hybridized carbons (Fsp3) is 0.842. The first-order chi connectivity index (χ1) is 12.5. The number of urea groups is 1. The van der Waals surface area contributed by atoms with E-state index < -0.39 is 0 Å². The molecule has 0 aromatic carbocycles. The van der Waals surface area contributed by atoms with Gasteiger partial charge in [-0.05, 0) is 43.3 Å². The molecule has 1 spiro atoms. The van der Waals surface area contributed by atoms with Crippen molar-refractivity contribution < 1.29 is 4.79 Å². The van der Waals surface area contributed by atoms with E-state index in [0.29, 0.717) is 23.3 Å². The Labute approximate surface area is 155 Å². The summed E-state index contributed by atoms with van der Waals surface area (Å²) in [5.74, 6) is 2.17. The van der Waals surface area contributed by atoms with Crippen LogP contribution in [0, 0.1) is 11.3 Å². The Morgan fingerprint density at radius 1 is 1.15 bits per heavy atom. The number of hydrogen-bond donors (Lipinski definition) is 0. The van der Waals surface area contributed by atoms with Gasteiger partial charge in [0, 0.05) is 37.5 Å². The van der Waals surface area contributed by atoms with Crippen LogP contribution < -0.4 is 0 Å². The molecule has 5 fully saturated rings. The first-order valence-corrected chi connectivity index (χ1v) is 10.3. The Morgan fingerprint density at radius 3 is 2.69 bits per heavy atom. The number of rotatable bonds is 2. The van der Waals surface area contributed by atoms with E-state index >= 15 is 0 Å². The van der Waals surface area contributed by atoms with Crippen LogP contribution in [0.15, 0.2) is 6.33 Å². The van der Waals surface area contributed by atoms with Crippen molar-refractivity contribution in [3.05, 3.63) is 12.2 Å². The van der Waals surface area contributed by atoms with Crippen molar-refractivity contribution in [3.63, 3.8) is 0 Å². The summed E-state index contributed by atoms with van der Waals surface area (Å²) in [6.07, 6.45) is 10.2. The van der Waals surface area contributed by atoms with Crippen molar-refractivity contribution in [1.82, 2.24) is 24.6 Å². The molecular formula is C19H26BN5O. The lowest BCUT2D eigenvalue weighted by molar-refractivity contribution is -0.0734. The molecule has 6 rings (SSSR count). The zero-order valence-corrected chi connectivity index (χ0v) is 15.3. The van der Waals surface area contributed by atoms with E-state index in [1.807, 2.05) is 16.1 Å². The molecule has 1 unspecified atom stereocenters. The zero-order valence-electron chi connectivity index (χ0n) is 15.3. The molecule has 2 aliphatic heterocycles. The summed E-state index contributed by atoms with van der Waals surface area (Å²) in [4.78, 5) is 21.4. The average Bonchev–Trinajstić information content (AvgIpc) is 3.01. The van der Waals surface area contributed by atoms with Crippen molar-refractivity contribution in [1.29, 1.82) is 0 Å². The summed E-state index contributed by atoms with van der Waals surface area (Å²) in [7, 11) is 6.52. The number of nitrogens with zero attached hydrogens (tertiary/aromatic N) is 5. The zero-order chi connectivity index (χ0) is 17.5. The van der Waals surface area contributed by atoms with Crippen molar-refractivity contribution in [2.75, 3.05) is 26.2 Å². The lowest BCUT2D eigenvalue weighted by atomic mass is 9.61. The van der Waals surface area contributed by atoms with Gasteiger partial charge in [0.2, 0.25) is 0 Å². The third kappa shape index (κ3) is 2.21. The van der Waals surface area contributed by atoms with Gasteiger partial charge in [-0.1, -0.05) is 12.8 Å². The molecule has 0 bridgehead atoms. The molecule has 1 aromatic heterocycles. The molecule has 2 saturated heterocycles. The van der Waals surface area contributed by atoms with Gasteiger partial charge >= 0.3 is 6.03 Å². The normalized spacial score (nSPS) is 35.5.